The normalized spacial score (nSPS) is 12.6. The van der Waals surface area contributed by atoms with Gasteiger partial charge in [0.05, 0.1) is 7.11 Å². The summed E-state index contributed by atoms with van der Waals surface area (Å²) in [5.41, 5.74) is 1.95. The van der Waals surface area contributed by atoms with Crippen LogP contribution in [0.25, 0.3) is 0 Å². The Bertz CT molecular complexity index is 787. The number of esters is 1. The van der Waals surface area contributed by atoms with Crippen LogP contribution in [0.15, 0.2) is 42.5 Å². The van der Waals surface area contributed by atoms with Crippen LogP contribution < -0.4 is 9.64 Å². The van der Waals surface area contributed by atoms with E-state index in [2.05, 4.69) is 0 Å². The molecule has 0 unspecified atom stereocenters. The van der Waals surface area contributed by atoms with Gasteiger partial charge in [-0.25, -0.2) is 4.79 Å². The van der Waals surface area contributed by atoms with Crippen molar-refractivity contribution < 1.29 is 24.2 Å². The van der Waals surface area contributed by atoms with Gasteiger partial charge in [-0.15, -0.1) is 0 Å². The maximum absolute atomic E-state index is 12.3. The Balaban J connectivity index is 1.64. The molecule has 0 spiro atoms. The molecule has 0 fully saturated rings. The third kappa shape index (κ3) is 3.03. The van der Waals surface area contributed by atoms with Crippen molar-refractivity contribution in [2.45, 2.75) is 6.42 Å². The molecule has 24 heavy (non-hydrogen) atoms. The summed E-state index contributed by atoms with van der Waals surface area (Å²) in [6.07, 6.45) is 0.787. The average Bonchev–Trinajstić information content (AvgIpc) is 3.03. The Kier molecular flexibility index (Phi) is 4.37. The van der Waals surface area contributed by atoms with Gasteiger partial charge in [0, 0.05) is 18.3 Å². The first-order chi connectivity index (χ1) is 11.6. The summed E-state index contributed by atoms with van der Waals surface area (Å²) in [5.74, 6) is -0.871. The highest BCUT2D eigenvalue weighted by atomic mass is 16.5. The van der Waals surface area contributed by atoms with E-state index in [4.69, 9.17) is 9.47 Å². The number of methoxy groups -OCH3 is 1. The Morgan fingerprint density at radius 3 is 2.75 bits per heavy atom. The van der Waals surface area contributed by atoms with Crippen molar-refractivity contribution in [3.05, 3.63) is 53.6 Å². The van der Waals surface area contributed by atoms with E-state index < -0.39 is 5.97 Å². The molecule has 1 N–H and O–H groups in total. The van der Waals surface area contributed by atoms with E-state index in [9.17, 15) is 14.7 Å². The number of ether oxygens (including phenoxy) is 2. The van der Waals surface area contributed by atoms with Crippen LogP contribution in [0.1, 0.15) is 15.9 Å². The van der Waals surface area contributed by atoms with Crippen molar-refractivity contribution in [3.8, 4) is 11.5 Å². The van der Waals surface area contributed by atoms with Crippen molar-refractivity contribution in [1.29, 1.82) is 0 Å². The Morgan fingerprint density at radius 1 is 1.21 bits per heavy atom. The summed E-state index contributed by atoms with van der Waals surface area (Å²) < 4.78 is 10.00. The van der Waals surface area contributed by atoms with Crippen molar-refractivity contribution in [2.24, 2.45) is 0 Å². The second-order valence-electron chi connectivity index (χ2n) is 5.38. The highest BCUT2D eigenvalue weighted by molar-refractivity contribution is 5.99. The van der Waals surface area contributed by atoms with Crippen LogP contribution in [-0.2, 0) is 16.0 Å². The van der Waals surface area contributed by atoms with Crippen LogP contribution in [0.3, 0.4) is 0 Å². The van der Waals surface area contributed by atoms with Gasteiger partial charge in [-0.05, 0) is 30.2 Å². The lowest BCUT2D eigenvalue weighted by atomic mass is 10.2. The summed E-state index contributed by atoms with van der Waals surface area (Å²) in [5, 5.41) is 9.82. The van der Waals surface area contributed by atoms with Crippen LogP contribution in [0.4, 0.5) is 5.69 Å². The van der Waals surface area contributed by atoms with E-state index in [0.29, 0.717) is 12.3 Å². The summed E-state index contributed by atoms with van der Waals surface area (Å²) >= 11 is 0. The van der Waals surface area contributed by atoms with Gasteiger partial charge in [0.25, 0.3) is 5.91 Å². The molecule has 2 aromatic carbocycles. The molecule has 6 nitrogen and oxygen atoms in total. The Morgan fingerprint density at radius 2 is 2.00 bits per heavy atom. The molecule has 0 saturated carbocycles. The molecule has 1 heterocycles. The molecule has 124 valence electrons. The lowest BCUT2D eigenvalue weighted by Gasteiger charge is -2.17. The number of nitrogens with zero attached hydrogens (tertiary/aromatic N) is 1. The third-order valence-corrected chi connectivity index (χ3v) is 3.94. The molecule has 2 aromatic rings. The molecule has 0 saturated heterocycles. The molecule has 0 atom stereocenters. The number of para-hydroxylation sites is 1. The summed E-state index contributed by atoms with van der Waals surface area (Å²) in [4.78, 5) is 25.9. The van der Waals surface area contributed by atoms with Crippen LogP contribution in [0.5, 0.6) is 11.5 Å². The predicted molar refractivity (Wildman–Crippen MR) is 87.4 cm³/mol. The largest absolute Gasteiger partial charge is 0.507 e. The third-order valence-electron chi connectivity index (χ3n) is 3.94. The maximum Gasteiger partial charge on any atom is 0.342 e. The van der Waals surface area contributed by atoms with E-state index in [1.54, 1.807) is 4.90 Å². The molecule has 0 radical (unpaired) electrons. The number of carbonyl (C=O) groups excluding carboxylic acids is 2. The molecular formula is C18H17NO5. The first-order valence-electron chi connectivity index (χ1n) is 7.52. The van der Waals surface area contributed by atoms with Crippen molar-refractivity contribution >= 4 is 17.6 Å². The fourth-order valence-corrected chi connectivity index (χ4v) is 2.69. The molecule has 0 aliphatic carbocycles. The summed E-state index contributed by atoms with van der Waals surface area (Å²) in [6, 6.07) is 11.9. The number of hydrogen-bond donors (Lipinski definition) is 1. The van der Waals surface area contributed by atoms with Crippen LogP contribution in [-0.4, -0.2) is 37.2 Å². The van der Waals surface area contributed by atoms with Crippen molar-refractivity contribution in [3.63, 3.8) is 0 Å². The number of amides is 1. The SMILES string of the molecule is COc1ccc(C(=O)OCC(=O)N2CCc3ccccc32)c(O)c1. The minimum atomic E-state index is -0.754. The summed E-state index contributed by atoms with van der Waals surface area (Å²) in [6.45, 7) is 0.197. The Labute approximate surface area is 139 Å². The van der Waals surface area contributed by atoms with Gasteiger partial charge in [-0.2, -0.15) is 0 Å². The molecule has 0 aromatic heterocycles. The van der Waals surface area contributed by atoms with Crippen molar-refractivity contribution in [1.82, 2.24) is 0 Å². The number of phenols is 1. The molecule has 1 amide bonds. The van der Waals surface area contributed by atoms with Gasteiger partial charge in [0.2, 0.25) is 0 Å². The van der Waals surface area contributed by atoms with Gasteiger partial charge in [0.1, 0.15) is 17.1 Å². The number of benzene rings is 2. The molecule has 0 bridgehead atoms. The molecule has 6 heteroatoms. The smallest absolute Gasteiger partial charge is 0.342 e. The quantitative estimate of drug-likeness (QED) is 0.871. The number of rotatable bonds is 4. The molecule has 1 aliphatic heterocycles. The second kappa shape index (κ2) is 6.62. The fourth-order valence-electron chi connectivity index (χ4n) is 2.69. The summed E-state index contributed by atoms with van der Waals surface area (Å²) in [7, 11) is 1.46. The highest BCUT2D eigenvalue weighted by Gasteiger charge is 2.25. The first kappa shape index (κ1) is 15.9. The minimum absolute atomic E-state index is 0.00887. The number of carbonyl (C=O) groups is 2. The molecular weight excluding hydrogens is 310 g/mol. The van der Waals surface area contributed by atoms with Gasteiger partial charge < -0.3 is 19.5 Å². The molecule has 1 aliphatic rings. The van der Waals surface area contributed by atoms with Crippen molar-refractivity contribution in [2.75, 3.05) is 25.2 Å². The number of hydrogen-bond acceptors (Lipinski definition) is 5. The fraction of sp³-hybridized carbons (Fsp3) is 0.222. The topological polar surface area (TPSA) is 76.1 Å². The number of phenolic OH excluding ortho intramolecular Hbond substituents is 1. The lowest BCUT2D eigenvalue weighted by Crippen LogP contribution is -2.33. The van der Waals surface area contributed by atoms with Gasteiger partial charge in [0.15, 0.2) is 6.61 Å². The van der Waals surface area contributed by atoms with Gasteiger partial charge in [-0.1, -0.05) is 18.2 Å². The van der Waals surface area contributed by atoms with Crippen LogP contribution >= 0.6 is 0 Å². The zero-order chi connectivity index (χ0) is 17.1. The van der Waals surface area contributed by atoms with E-state index in [0.717, 1.165) is 17.7 Å². The van der Waals surface area contributed by atoms with E-state index in [-0.39, 0.29) is 23.8 Å². The van der Waals surface area contributed by atoms with Crippen LogP contribution in [0, 0.1) is 0 Å². The maximum atomic E-state index is 12.3. The lowest BCUT2D eigenvalue weighted by molar-refractivity contribution is -0.121. The van der Waals surface area contributed by atoms with Gasteiger partial charge in [-0.3, -0.25) is 4.79 Å². The zero-order valence-corrected chi connectivity index (χ0v) is 13.2. The minimum Gasteiger partial charge on any atom is -0.507 e. The standard InChI is InChI=1S/C18H17NO5/c1-23-13-6-7-14(16(20)10-13)18(22)24-11-17(21)19-9-8-12-4-2-3-5-15(12)19/h2-7,10,20H,8-9,11H2,1H3. The first-order valence-corrected chi connectivity index (χ1v) is 7.52. The van der Waals surface area contributed by atoms with E-state index >= 15 is 0 Å². The zero-order valence-electron chi connectivity index (χ0n) is 13.2. The second-order valence-corrected chi connectivity index (χ2v) is 5.38. The van der Waals surface area contributed by atoms with E-state index in [1.165, 1.54) is 25.3 Å². The van der Waals surface area contributed by atoms with Crippen LogP contribution in [0.2, 0.25) is 0 Å². The number of fused-ring (bicyclic) bond motifs is 1. The van der Waals surface area contributed by atoms with Gasteiger partial charge >= 0.3 is 5.97 Å². The highest BCUT2D eigenvalue weighted by Crippen LogP contribution is 2.28. The number of anilines is 1. The monoisotopic (exact) mass is 327 g/mol. The Hall–Kier alpha value is -3.02. The number of aromatic hydroxyl groups is 1. The average molecular weight is 327 g/mol. The molecule has 3 rings (SSSR count). The van der Waals surface area contributed by atoms with E-state index in [1.807, 2.05) is 24.3 Å². The predicted octanol–water partition coefficient (Wildman–Crippen LogP) is 2.15.